The van der Waals surface area contributed by atoms with E-state index in [0.29, 0.717) is 5.16 Å². The lowest BCUT2D eigenvalue weighted by Crippen LogP contribution is -2.36. The molecule has 1 amide bonds. The second kappa shape index (κ2) is 6.62. The molecule has 0 aliphatic heterocycles. The molecule has 1 aliphatic rings. The number of aromatic nitrogens is 3. The summed E-state index contributed by atoms with van der Waals surface area (Å²) in [5.41, 5.74) is 2.26. The van der Waals surface area contributed by atoms with E-state index < -0.39 is 0 Å². The number of nitrogens with zero attached hydrogens (tertiary/aromatic N) is 2. The Morgan fingerprint density at radius 1 is 1.48 bits per heavy atom. The number of fused-ring (bicyclic) bond motifs is 1. The summed E-state index contributed by atoms with van der Waals surface area (Å²) < 4.78 is 1.41. The Morgan fingerprint density at radius 3 is 3.00 bits per heavy atom. The summed E-state index contributed by atoms with van der Waals surface area (Å²) in [5.74, 6) is -0.0350. The van der Waals surface area contributed by atoms with Crippen molar-refractivity contribution in [1.29, 1.82) is 0 Å². The van der Waals surface area contributed by atoms with Crippen molar-refractivity contribution < 1.29 is 4.79 Å². The Labute approximate surface area is 138 Å². The highest BCUT2D eigenvalue weighted by Crippen LogP contribution is 2.30. The molecule has 0 fully saturated rings. The lowest BCUT2D eigenvalue weighted by Gasteiger charge is -2.27. The third kappa shape index (κ3) is 3.34. The first-order chi connectivity index (χ1) is 11.1. The van der Waals surface area contributed by atoms with Gasteiger partial charge in [0.15, 0.2) is 5.16 Å². The number of amides is 1. The molecule has 0 saturated heterocycles. The lowest BCUT2D eigenvalue weighted by atomic mass is 9.88. The Bertz CT molecular complexity index is 767. The number of H-pyrrole nitrogens is 1. The van der Waals surface area contributed by atoms with E-state index in [4.69, 9.17) is 0 Å². The molecule has 2 N–H and O–H groups in total. The first-order valence-corrected chi connectivity index (χ1v) is 8.60. The van der Waals surface area contributed by atoms with Crippen LogP contribution in [-0.2, 0) is 18.3 Å². The molecule has 1 heterocycles. The number of hydrogen-bond acceptors (Lipinski definition) is 4. The van der Waals surface area contributed by atoms with E-state index in [2.05, 4.69) is 27.6 Å². The molecule has 1 aromatic heterocycles. The highest BCUT2D eigenvalue weighted by Gasteiger charge is 2.24. The highest BCUT2D eigenvalue weighted by atomic mass is 32.2. The minimum absolute atomic E-state index is 0.0350. The van der Waals surface area contributed by atoms with E-state index in [1.165, 1.54) is 27.5 Å². The van der Waals surface area contributed by atoms with Crippen LogP contribution >= 0.6 is 11.8 Å². The molecule has 1 aromatic carbocycles. The van der Waals surface area contributed by atoms with Gasteiger partial charge in [0.05, 0.1) is 11.3 Å². The minimum Gasteiger partial charge on any atom is -0.348 e. The van der Waals surface area contributed by atoms with Gasteiger partial charge in [0.1, 0.15) is 0 Å². The fourth-order valence-corrected chi connectivity index (χ4v) is 3.67. The van der Waals surface area contributed by atoms with Crippen molar-refractivity contribution >= 4 is 17.7 Å². The molecule has 0 spiro atoms. The Hall–Kier alpha value is -2.02. The van der Waals surface area contributed by atoms with Crippen molar-refractivity contribution in [2.45, 2.75) is 42.6 Å². The molecule has 6 nitrogen and oxygen atoms in total. The third-order valence-corrected chi connectivity index (χ3v) is 5.32. The molecule has 2 atom stereocenters. The first-order valence-electron chi connectivity index (χ1n) is 7.72. The van der Waals surface area contributed by atoms with Gasteiger partial charge in [0.25, 0.3) is 0 Å². The number of hydrogen-bond donors (Lipinski definition) is 2. The van der Waals surface area contributed by atoms with Crippen LogP contribution in [0.25, 0.3) is 0 Å². The fourth-order valence-electron chi connectivity index (χ4n) is 2.84. The predicted molar refractivity (Wildman–Crippen MR) is 89.4 cm³/mol. The van der Waals surface area contributed by atoms with Crippen LogP contribution in [0.4, 0.5) is 0 Å². The number of aryl methyl sites for hydroxylation is 1. The van der Waals surface area contributed by atoms with Gasteiger partial charge in [-0.05, 0) is 37.3 Å². The molecular weight excluding hydrogens is 312 g/mol. The number of thioether (sulfide) groups is 1. The van der Waals surface area contributed by atoms with Crippen LogP contribution in [0.3, 0.4) is 0 Å². The van der Waals surface area contributed by atoms with Crippen molar-refractivity contribution in [3.8, 4) is 0 Å². The molecule has 3 rings (SSSR count). The fraction of sp³-hybridized carbons (Fsp3) is 0.438. The van der Waals surface area contributed by atoms with Crippen LogP contribution in [0.2, 0.25) is 0 Å². The molecule has 7 heteroatoms. The minimum atomic E-state index is -0.321. The Morgan fingerprint density at radius 2 is 2.26 bits per heavy atom. The van der Waals surface area contributed by atoms with Crippen LogP contribution in [0.15, 0.2) is 34.2 Å². The van der Waals surface area contributed by atoms with Gasteiger partial charge >= 0.3 is 5.69 Å². The van der Waals surface area contributed by atoms with Gasteiger partial charge in [0.2, 0.25) is 5.91 Å². The summed E-state index contributed by atoms with van der Waals surface area (Å²) in [6, 6.07) is 8.35. The van der Waals surface area contributed by atoms with Gasteiger partial charge in [-0.1, -0.05) is 36.0 Å². The smallest absolute Gasteiger partial charge is 0.343 e. The van der Waals surface area contributed by atoms with Crippen LogP contribution in [0, 0.1) is 0 Å². The van der Waals surface area contributed by atoms with Crippen LogP contribution < -0.4 is 11.0 Å². The van der Waals surface area contributed by atoms with Crippen LogP contribution in [0.5, 0.6) is 0 Å². The van der Waals surface area contributed by atoms with Gasteiger partial charge in [0, 0.05) is 7.05 Å². The number of rotatable bonds is 4. The zero-order chi connectivity index (χ0) is 16.4. The number of benzene rings is 1. The maximum absolute atomic E-state index is 12.5. The quantitative estimate of drug-likeness (QED) is 0.837. The largest absolute Gasteiger partial charge is 0.348 e. The summed E-state index contributed by atoms with van der Waals surface area (Å²) in [7, 11) is 1.64. The van der Waals surface area contributed by atoms with E-state index in [9.17, 15) is 9.59 Å². The van der Waals surface area contributed by atoms with Gasteiger partial charge in [-0.15, -0.1) is 5.10 Å². The third-order valence-electron chi connectivity index (χ3n) is 4.18. The van der Waals surface area contributed by atoms with Crippen molar-refractivity contribution in [1.82, 2.24) is 20.1 Å². The average molecular weight is 332 g/mol. The molecule has 0 radical (unpaired) electrons. The monoisotopic (exact) mass is 332 g/mol. The number of carbonyl (C=O) groups is 1. The summed E-state index contributed by atoms with van der Waals surface area (Å²) in [4.78, 5) is 23.9. The molecule has 0 bridgehead atoms. The molecule has 0 unspecified atom stereocenters. The SMILES string of the molecule is C[C@@H](Sc1n[nH]c(=O)n1C)C(=O)N[C@@H]1CCCc2ccccc21. The molecule has 0 saturated carbocycles. The predicted octanol–water partition coefficient (Wildman–Crippen LogP) is 1.78. The molecule has 1 aliphatic carbocycles. The van der Waals surface area contributed by atoms with Crippen LogP contribution in [0.1, 0.15) is 36.9 Å². The number of nitrogens with one attached hydrogen (secondary N) is 2. The van der Waals surface area contributed by atoms with Crippen molar-refractivity contribution in [2.75, 3.05) is 0 Å². The average Bonchev–Trinajstić information content (AvgIpc) is 2.87. The molecular formula is C16H20N4O2S. The zero-order valence-electron chi connectivity index (χ0n) is 13.2. The van der Waals surface area contributed by atoms with E-state index in [1.807, 2.05) is 19.1 Å². The first kappa shape index (κ1) is 15.9. The topological polar surface area (TPSA) is 79.8 Å². The van der Waals surface area contributed by atoms with E-state index >= 15 is 0 Å². The second-order valence-corrected chi connectivity index (χ2v) is 7.09. The number of carbonyl (C=O) groups excluding carboxylic acids is 1. The lowest BCUT2D eigenvalue weighted by molar-refractivity contribution is -0.121. The maximum atomic E-state index is 12.5. The van der Waals surface area contributed by atoms with E-state index in [0.717, 1.165) is 19.3 Å². The normalized spacial score (nSPS) is 18.3. The van der Waals surface area contributed by atoms with Gasteiger partial charge in [-0.2, -0.15) is 0 Å². The van der Waals surface area contributed by atoms with E-state index in [-0.39, 0.29) is 22.9 Å². The molecule has 122 valence electrons. The summed E-state index contributed by atoms with van der Waals surface area (Å²) >= 11 is 1.28. The van der Waals surface area contributed by atoms with E-state index in [1.54, 1.807) is 7.05 Å². The second-order valence-electron chi connectivity index (χ2n) is 5.78. The summed E-state index contributed by atoms with van der Waals surface area (Å²) in [6.45, 7) is 1.83. The highest BCUT2D eigenvalue weighted by molar-refractivity contribution is 8.00. The van der Waals surface area contributed by atoms with Gasteiger partial charge < -0.3 is 5.32 Å². The van der Waals surface area contributed by atoms with Crippen LogP contribution in [-0.4, -0.2) is 25.9 Å². The summed E-state index contributed by atoms with van der Waals surface area (Å²) in [5, 5.41) is 9.64. The summed E-state index contributed by atoms with van der Waals surface area (Å²) in [6.07, 6.45) is 3.11. The molecule has 23 heavy (non-hydrogen) atoms. The number of aromatic amines is 1. The van der Waals surface area contributed by atoms with Crippen molar-refractivity contribution in [3.63, 3.8) is 0 Å². The Kier molecular flexibility index (Phi) is 4.56. The van der Waals surface area contributed by atoms with Crippen molar-refractivity contribution in [2.24, 2.45) is 7.05 Å². The van der Waals surface area contributed by atoms with Gasteiger partial charge in [-0.25, -0.2) is 9.89 Å². The van der Waals surface area contributed by atoms with Crippen molar-refractivity contribution in [3.05, 3.63) is 45.9 Å². The van der Waals surface area contributed by atoms with Gasteiger partial charge in [-0.3, -0.25) is 9.36 Å². The zero-order valence-corrected chi connectivity index (χ0v) is 14.0. The Balaban J connectivity index is 1.67. The molecule has 2 aromatic rings. The maximum Gasteiger partial charge on any atom is 0.343 e. The standard InChI is InChI=1S/C16H20N4O2S/c1-10(23-16-19-18-15(22)20(16)2)14(21)17-13-9-5-7-11-6-3-4-8-12(11)13/h3-4,6,8,10,13H,5,7,9H2,1-2H3,(H,17,21)(H,18,22)/t10-,13-/m1/s1.